The van der Waals surface area contributed by atoms with Crippen LogP contribution < -0.4 is 5.32 Å². The Bertz CT molecular complexity index is 398. The van der Waals surface area contributed by atoms with E-state index in [4.69, 9.17) is 16.3 Å². The number of hydrogen-bond donors (Lipinski definition) is 1. The van der Waals surface area contributed by atoms with E-state index in [1.54, 1.807) is 18.2 Å². The molecule has 0 radical (unpaired) electrons. The molecule has 94 valence electrons. The van der Waals surface area contributed by atoms with Crippen molar-refractivity contribution in [2.24, 2.45) is 0 Å². The summed E-state index contributed by atoms with van der Waals surface area (Å²) in [6.07, 6.45) is 0.00914. The second kappa shape index (κ2) is 6.99. The maximum Gasteiger partial charge on any atom is 0.251 e. The van der Waals surface area contributed by atoms with E-state index in [-0.39, 0.29) is 12.0 Å². The number of hydrogen-bond acceptors (Lipinski definition) is 2. The fourth-order valence-corrected chi connectivity index (χ4v) is 1.75. The Hall–Kier alpha value is -0.580. The van der Waals surface area contributed by atoms with E-state index in [1.807, 2.05) is 13.8 Å². The topological polar surface area (TPSA) is 38.3 Å². The van der Waals surface area contributed by atoms with Gasteiger partial charge in [-0.05, 0) is 48.0 Å². The summed E-state index contributed by atoms with van der Waals surface area (Å²) >= 11 is 9.20. The molecular weight excluding hydrogens is 305 g/mol. The lowest BCUT2D eigenvalue weighted by atomic mass is 10.2. The average molecular weight is 321 g/mol. The van der Waals surface area contributed by atoms with E-state index in [9.17, 15) is 4.79 Å². The van der Waals surface area contributed by atoms with Crippen LogP contribution in [0.25, 0.3) is 0 Å². The summed E-state index contributed by atoms with van der Waals surface area (Å²) in [5.74, 6) is -0.147. The molecular formula is C12H15BrClNO2. The Morgan fingerprint density at radius 2 is 2.29 bits per heavy atom. The molecule has 0 bridgehead atoms. The monoisotopic (exact) mass is 319 g/mol. The molecule has 0 aliphatic rings. The van der Waals surface area contributed by atoms with Gasteiger partial charge >= 0.3 is 0 Å². The smallest absolute Gasteiger partial charge is 0.251 e. The van der Waals surface area contributed by atoms with Crippen LogP contribution in [0.4, 0.5) is 0 Å². The zero-order chi connectivity index (χ0) is 12.8. The van der Waals surface area contributed by atoms with Gasteiger partial charge in [0.15, 0.2) is 0 Å². The SMILES string of the molecule is CCOC(C)CNC(=O)c1ccc(Br)c(Cl)c1. The van der Waals surface area contributed by atoms with Crippen molar-refractivity contribution < 1.29 is 9.53 Å². The fourth-order valence-electron chi connectivity index (χ4n) is 1.32. The van der Waals surface area contributed by atoms with Gasteiger partial charge in [0, 0.05) is 23.2 Å². The third kappa shape index (κ3) is 4.66. The van der Waals surface area contributed by atoms with Gasteiger partial charge in [-0.3, -0.25) is 4.79 Å². The summed E-state index contributed by atoms with van der Waals surface area (Å²) in [6, 6.07) is 5.10. The van der Waals surface area contributed by atoms with Crippen LogP contribution in [0.3, 0.4) is 0 Å². The van der Waals surface area contributed by atoms with E-state index in [2.05, 4.69) is 21.2 Å². The normalized spacial score (nSPS) is 12.2. The maximum atomic E-state index is 11.8. The van der Waals surface area contributed by atoms with E-state index in [0.717, 1.165) is 4.47 Å². The zero-order valence-corrected chi connectivity index (χ0v) is 12.1. The molecule has 0 aliphatic heterocycles. The number of ether oxygens (including phenoxy) is 1. The first-order chi connectivity index (χ1) is 8.04. The van der Waals surface area contributed by atoms with Crippen molar-refractivity contribution in [1.29, 1.82) is 0 Å². The van der Waals surface area contributed by atoms with Crippen molar-refractivity contribution in [3.63, 3.8) is 0 Å². The quantitative estimate of drug-likeness (QED) is 0.904. The molecule has 0 aromatic heterocycles. The largest absolute Gasteiger partial charge is 0.377 e. The minimum absolute atomic E-state index is 0.00914. The minimum Gasteiger partial charge on any atom is -0.377 e. The fraction of sp³-hybridized carbons (Fsp3) is 0.417. The van der Waals surface area contributed by atoms with Crippen LogP contribution in [0.2, 0.25) is 5.02 Å². The predicted molar refractivity (Wildman–Crippen MR) is 72.6 cm³/mol. The number of benzene rings is 1. The highest BCUT2D eigenvalue weighted by Crippen LogP contribution is 2.23. The Morgan fingerprint density at radius 3 is 2.88 bits per heavy atom. The Balaban J connectivity index is 2.55. The Labute approximate surface area is 115 Å². The molecule has 1 unspecified atom stereocenters. The highest BCUT2D eigenvalue weighted by molar-refractivity contribution is 9.10. The number of rotatable bonds is 5. The van der Waals surface area contributed by atoms with Crippen LogP contribution >= 0.6 is 27.5 Å². The molecule has 0 spiro atoms. The highest BCUT2D eigenvalue weighted by atomic mass is 79.9. The van der Waals surface area contributed by atoms with E-state index >= 15 is 0 Å². The molecule has 1 N–H and O–H groups in total. The van der Waals surface area contributed by atoms with Gasteiger partial charge in [0.25, 0.3) is 5.91 Å². The van der Waals surface area contributed by atoms with Crippen molar-refractivity contribution >= 4 is 33.4 Å². The Morgan fingerprint density at radius 1 is 1.59 bits per heavy atom. The molecule has 3 nitrogen and oxygen atoms in total. The molecule has 0 heterocycles. The van der Waals surface area contributed by atoms with Gasteiger partial charge in [-0.1, -0.05) is 11.6 Å². The first-order valence-corrected chi connectivity index (χ1v) is 6.56. The predicted octanol–water partition coefficient (Wildman–Crippen LogP) is 3.26. The van der Waals surface area contributed by atoms with Gasteiger partial charge in [-0.15, -0.1) is 0 Å². The summed E-state index contributed by atoms with van der Waals surface area (Å²) in [4.78, 5) is 11.8. The molecule has 17 heavy (non-hydrogen) atoms. The number of amides is 1. The second-order valence-electron chi connectivity index (χ2n) is 3.60. The third-order valence-corrected chi connectivity index (χ3v) is 3.42. The molecule has 1 aromatic rings. The number of carbonyl (C=O) groups excluding carboxylic acids is 1. The molecule has 1 rings (SSSR count). The number of halogens is 2. The summed E-state index contributed by atoms with van der Waals surface area (Å²) in [5.41, 5.74) is 0.543. The molecule has 0 aliphatic carbocycles. The zero-order valence-electron chi connectivity index (χ0n) is 9.80. The lowest BCUT2D eigenvalue weighted by Gasteiger charge is -2.12. The third-order valence-electron chi connectivity index (χ3n) is 2.18. The molecule has 0 saturated heterocycles. The molecule has 0 saturated carbocycles. The van der Waals surface area contributed by atoms with Gasteiger partial charge in [-0.2, -0.15) is 0 Å². The van der Waals surface area contributed by atoms with Crippen molar-refractivity contribution in [2.75, 3.05) is 13.2 Å². The molecule has 5 heteroatoms. The maximum absolute atomic E-state index is 11.8. The minimum atomic E-state index is -0.147. The molecule has 0 fully saturated rings. The van der Waals surface area contributed by atoms with Crippen molar-refractivity contribution in [1.82, 2.24) is 5.32 Å². The van der Waals surface area contributed by atoms with Crippen LogP contribution in [0.1, 0.15) is 24.2 Å². The lowest BCUT2D eigenvalue weighted by Crippen LogP contribution is -2.32. The van der Waals surface area contributed by atoms with Crippen LogP contribution in [-0.4, -0.2) is 25.2 Å². The highest BCUT2D eigenvalue weighted by Gasteiger charge is 2.09. The summed E-state index contributed by atoms with van der Waals surface area (Å²) in [6.45, 7) is 4.96. The van der Waals surface area contributed by atoms with Crippen molar-refractivity contribution in [3.8, 4) is 0 Å². The summed E-state index contributed by atoms with van der Waals surface area (Å²) in [7, 11) is 0. The van der Waals surface area contributed by atoms with E-state index in [0.29, 0.717) is 23.7 Å². The second-order valence-corrected chi connectivity index (χ2v) is 4.87. The standard InChI is InChI=1S/C12H15BrClNO2/c1-3-17-8(2)7-15-12(16)9-4-5-10(13)11(14)6-9/h4-6,8H,3,7H2,1-2H3,(H,15,16). The van der Waals surface area contributed by atoms with Crippen LogP contribution in [-0.2, 0) is 4.74 Å². The van der Waals surface area contributed by atoms with Gasteiger partial charge in [0.1, 0.15) is 0 Å². The van der Waals surface area contributed by atoms with Crippen molar-refractivity contribution in [3.05, 3.63) is 33.3 Å². The number of nitrogens with one attached hydrogen (secondary N) is 1. The first kappa shape index (κ1) is 14.5. The van der Waals surface area contributed by atoms with Crippen LogP contribution in [0.15, 0.2) is 22.7 Å². The summed E-state index contributed by atoms with van der Waals surface area (Å²) in [5, 5.41) is 3.32. The van der Waals surface area contributed by atoms with E-state index in [1.165, 1.54) is 0 Å². The van der Waals surface area contributed by atoms with Gasteiger partial charge in [0.2, 0.25) is 0 Å². The first-order valence-electron chi connectivity index (χ1n) is 5.39. The Kier molecular flexibility index (Phi) is 5.95. The van der Waals surface area contributed by atoms with Gasteiger partial charge in [0.05, 0.1) is 11.1 Å². The molecule has 1 amide bonds. The van der Waals surface area contributed by atoms with E-state index < -0.39 is 0 Å². The summed E-state index contributed by atoms with van der Waals surface area (Å²) < 4.78 is 6.10. The van der Waals surface area contributed by atoms with Crippen LogP contribution in [0, 0.1) is 0 Å². The average Bonchev–Trinajstić information content (AvgIpc) is 2.30. The van der Waals surface area contributed by atoms with Gasteiger partial charge in [-0.25, -0.2) is 0 Å². The number of carbonyl (C=O) groups is 1. The van der Waals surface area contributed by atoms with Gasteiger partial charge < -0.3 is 10.1 Å². The lowest BCUT2D eigenvalue weighted by molar-refractivity contribution is 0.0695. The van der Waals surface area contributed by atoms with Crippen LogP contribution in [0.5, 0.6) is 0 Å². The molecule has 1 atom stereocenters. The van der Waals surface area contributed by atoms with Crippen molar-refractivity contribution in [2.45, 2.75) is 20.0 Å². The molecule has 1 aromatic carbocycles.